The van der Waals surface area contributed by atoms with Gasteiger partial charge in [-0.15, -0.1) is 0 Å². The van der Waals surface area contributed by atoms with Gasteiger partial charge in [-0.2, -0.15) is 0 Å². The second kappa shape index (κ2) is 6.52. The summed E-state index contributed by atoms with van der Waals surface area (Å²) in [5, 5.41) is 9.73. The van der Waals surface area contributed by atoms with Gasteiger partial charge in [0, 0.05) is 29.9 Å². The quantitative estimate of drug-likeness (QED) is 0.855. The van der Waals surface area contributed by atoms with E-state index in [1.807, 2.05) is 51.1 Å². The molecule has 1 aliphatic rings. The molecule has 1 amide bonds. The van der Waals surface area contributed by atoms with Gasteiger partial charge in [0.15, 0.2) is 0 Å². The van der Waals surface area contributed by atoms with Crippen molar-refractivity contribution in [2.45, 2.75) is 45.8 Å². The minimum Gasteiger partial charge on any atom is -0.478 e. The molecule has 138 valence electrons. The third-order valence-electron chi connectivity index (χ3n) is 4.45. The fourth-order valence-electron chi connectivity index (χ4n) is 3.50. The van der Waals surface area contributed by atoms with Crippen molar-refractivity contribution in [2.75, 3.05) is 6.54 Å². The smallest absolute Gasteiger partial charge is 0.411 e. The molecule has 0 spiro atoms. The van der Waals surface area contributed by atoms with Crippen LogP contribution in [0.2, 0.25) is 0 Å². The van der Waals surface area contributed by atoms with E-state index in [4.69, 9.17) is 4.74 Å². The molecule has 2 N–H and O–H groups in total. The highest BCUT2D eigenvalue weighted by Gasteiger charge is 2.39. The number of aromatic carboxylic acids is 1. The summed E-state index contributed by atoms with van der Waals surface area (Å²) in [4.78, 5) is 29.5. The first-order chi connectivity index (χ1) is 12.2. The second-order valence-corrected chi connectivity index (χ2v) is 7.56. The number of fused-ring (bicyclic) bond motifs is 1. The molecular formula is C20H24N2O4. The van der Waals surface area contributed by atoms with Crippen molar-refractivity contribution in [3.05, 3.63) is 58.4 Å². The highest BCUT2D eigenvalue weighted by Crippen LogP contribution is 2.39. The van der Waals surface area contributed by atoms with Crippen LogP contribution in [0.15, 0.2) is 30.3 Å². The summed E-state index contributed by atoms with van der Waals surface area (Å²) in [7, 11) is 0. The zero-order valence-corrected chi connectivity index (χ0v) is 15.5. The van der Waals surface area contributed by atoms with Crippen LogP contribution in [-0.4, -0.2) is 39.2 Å². The van der Waals surface area contributed by atoms with Crippen LogP contribution < -0.4 is 0 Å². The van der Waals surface area contributed by atoms with Gasteiger partial charge in [0.05, 0.1) is 11.6 Å². The number of nitrogens with zero attached hydrogens (tertiary/aromatic N) is 1. The lowest BCUT2D eigenvalue weighted by molar-refractivity contribution is 0.0175. The van der Waals surface area contributed by atoms with Gasteiger partial charge in [0.2, 0.25) is 0 Å². The topological polar surface area (TPSA) is 82.6 Å². The first-order valence-corrected chi connectivity index (χ1v) is 8.68. The molecule has 1 aromatic carbocycles. The monoisotopic (exact) mass is 356 g/mol. The Morgan fingerprint density at radius 3 is 2.46 bits per heavy atom. The number of aromatic nitrogens is 1. The summed E-state index contributed by atoms with van der Waals surface area (Å²) in [5.41, 5.74) is 2.60. The molecule has 1 aromatic heterocycles. The van der Waals surface area contributed by atoms with E-state index in [1.54, 1.807) is 11.8 Å². The molecule has 0 bridgehead atoms. The number of H-pyrrole nitrogens is 1. The van der Waals surface area contributed by atoms with Gasteiger partial charge in [0.1, 0.15) is 5.60 Å². The number of aromatic amines is 1. The number of rotatable bonds is 2. The number of carbonyl (C=O) groups excluding carboxylic acids is 1. The predicted molar refractivity (Wildman–Crippen MR) is 97.4 cm³/mol. The fraction of sp³-hybridized carbons (Fsp3) is 0.400. The van der Waals surface area contributed by atoms with Crippen LogP contribution in [0.4, 0.5) is 4.79 Å². The number of ether oxygens (including phenoxy) is 1. The number of nitrogens with one attached hydrogen (secondary N) is 1. The van der Waals surface area contributed by atoms with E-state index in [1.165, 1.54) is 0 Å². The van der Waals surface area contributed by atoms with Crippen molar-refractivity contribution in [3.8, 4) is 0 Å². The van der Waals surface area contributed by atoms with Crippen molar-refractivity contribution >= 4 is 12.1 Å². The summed E-state index contributed by atoms with van der Waals surface area (Å²) in [5.74, 6) is -0.994. The number of carbonyl (C=O) groups is 2. The minimum atomic E-state index is -0.994. The Bertz CT molecular complexity index is 833. The molecule has 0 fully saturated rings. The zero-order valence-electron chi connectivity index (χ0n) is 15.5. The highest BCUT2D eigenvalue weighted by atomic mass is 16.6. The molecule has 6 heteroatoms. The molecule has 1 unspecified atom stereocenters. The first kappa shape index (κ1) is 18.0. The zero-order chi connectivity index (χ0) is 19.1. The Hall–Kier alpha value is -2.76. The van der Waals surface area contributed by atoms with Crippen LogP contribution >= 0.6 is 0 Å². The van der Waals surface area contributed by atoms with E-state index in [2.05, 4.69) is 4.98 Å². The number of amides is 1. The number of benzene rings is 1. The normalized spacial score (nSPS) is 16.9. The standard InChI is InChI=1S/C20H24N2O4/c1-12-15(18(23)24)16-14(21-12)10-11-22(19(25)26-20(2,3)4)17(16)13-8-6-5-7-9-13/h5-9,17,21H,10-11H2,1-4H3,(H,23,24). The van der Waals surface area contributed by atoms with E-state index in [-0.39, 0.29) is 5.56 Å². The lowest BCUT2D eigenvalue weighted by atomic mass is 9.89. The van der Waals surface area contributed by atoms with Gasteiger partial charge < -0.3 is 14.8 Å². The van der Waals surface area contributed by atoms with Crippen LogP contribution in [0.5, 0.6) is 0 Å². The summed E-state index contributed by atoms with van der Waals surface area (Å²) >= 11 is 0. The summed E-state index contributed by atoms with van der Waals surface area (Å²) < 4.78 is 5.58. The highest BCUT2D eigenvalue weighted by molar-refractivity contribution is 5.92. The van der Waals surface area contributed by atoms with Crippen LogP contribution in [0.1, 0.15) is 59.7 Å². The van der Waals surface area contributed by atoms with Gasteiger partial charge in [-0.1, -0.05) is 30.3 Å². The van der Waals surface area contributed by atoms with Gasteiger partial charge in [-0.05, 0) is 33.3 Å². The van der Waals surface area contributed by atoms with Crippen molar-refractivity contribution in [1.82, 2.24) is 9.88 Å². The maximum absolute atomic E-state index is 12.8. The SMILES string of the molecule is Cc1[nH]c2c(c1C(=O)O)C(c1ccccc1)N(C(=O)OC(C)(C)C)CC2. The first-order valence-electron chi connectivity index (χ1n) is 8.68. The van der Waals surface area contributed by atoms with Gasteiger partial charge in [-0.25, -0.2) is 9.59 Å². The molecule has 1 atom stereocenters. The van der Waals surface area contributed by atoms with Crippen molar-refractivity contribution in [2.24, 2.45) is 0 Å². The summed E-state index contributed by atoms with van der Waals surface area (Å²) in [6.45, 7) is 7.67. The molecule has 2 heterocycles. The molecule has 0 aliphatic carbocycles. The van der Waals surface area contributed by atoms with Crippen molar-refractivity contribution < 1.29 is 19.4 Å². The lowest BCUT2D eigenvalue weighted by Gasteiger charge is -2.37. The second-order valence-electron chi connectivity index (χ2n) is 7.56. The Morgan fingerprint density at radius 1 is 1.23 bits per heavy atom. The maximum Gasteiger partial charge on any atom is 0.411 e. The third-order valence-corrected chi connectivity index (χ3v) is 4.45. The van der Waals surface area contributed by atoms with E-state index in [0.29, 0.717) is 24.2 Å². The largest absolute Gasteiger partial charge is 0.478 e. The molecule has 0 saturated heterocycles. The van der Waals surface area contributed by atoms with Crippen LogP contribution in [0, 0.1) is 6.92 Å². The maximum atomic E-state index is 12.8. The van der Waals surface area contributed by atoms with Crippen molar-refractivity contribution in [3.63, 3.8) is 0 Å². The third kappa shape index (κ3) is 3.31. The molecule has 1 aliphatic heterocycles. The molecule has 6 nitrogen and oxygen atoms in total. The predicted octanol–water partition coefficient (Wildman–Crippen LogP) is 3.90. The Morgan fingerprint density at radius 2 is 1.88 bits per heavy atom. The average Bonchev–Trinajstić information content (AvgIpc) is 2.89. The van der Waals surface area contributed by atoms with Crippen LogP contribution in [-0.2, 0) is 11.2 Å². The van der Waals surface area contributed by atoms with E-state index < -0.39 is 23.7 Å². The van der Waals surface area contributed by atoms with E-state index in [9.17, 15) is 14.7 Å². The Labute approximate surface area is 152 Å². The summed E-state index contributed by atoms with van der Waals surface area (Å²) in [6.07, 6.45) is 0.124. The number of aryl methyl sites for hydroxylation is 1. The average molecular weight is 356 g/mol. The Kier molecular flexibility index (Phi) is 4.52. The molecule has 0 saturated carbocycles. The molecule has 0 radical (unpaired) electrons. The van der Waals surface area contributed by atoms with Crippen LogP contribution in [0.3, 0.4) is 0 Å². The fourth-order valence-corrected chi connectivity index (χ4v) is 3.50. The molecular weight excluding hydrogens is 332 g/mol. The van der Waals surface area contributed by atoms with E-state index in [0.717, 1.165) is 11.3 Å². The number of hydrogen-bond acceptors (Lipinski definition) is 3. The lowest BCUT2D eigenvalue weighted by Crippen LogP contribution is -2.43. The number of hydrogen-bond donors (Lipinski definition) is 2. The molecule has 26 heavy (non-hydrogen) atoms. The van der Waals surface area contributed by atoms with Crippen LogP contribution in [0.25, 0.3) is 0 Å². The molecule has 2 aromatic rings. The minimum absolute atomic E-state index is 0.238. The van der Waals surface area contributed by atoms with Crippen molar-refractivity contribution in [1.29, 1.82) is 0 Å². The summed E-state index contributed by atoms with van der Waals surface area (Å²) in [6, 6.07) is 8.99. The van der Waals surface area contributed by atoms with Gasteiger partial charge in [-0.3, -0.25) is 4.90 Å². The molecule has 3 rings (SSSR count). The number of carboxylic acids is 1. The number of carboxylic acid groups (broad SMARTS) is 1. The van der Waals surface area contributed by atoms with Gasteiger partial charge in [0.25, 0.3) is 0 Å². The van der Waals surface area contributed by atoms with E-state index >= 15 is 0 Å². The Balaban J connectivity index is 2.14. The van der Waals surface area contributed by atoms with Gasteiger partial charge >= 0.3 is 12.1 Å².